The van der Waals surface area contributed by atoms with Crippen LogP contribution < -0.4 is 4.90 Å². The third-order valence-corrected chi connectivity index (χ3v) is 4.89. The molecule has 2 aromatic heterocycles. The van der Waals surface area contributed by atoms with E-state index in [2.05, 4.69) is 44.0 Å². The Morgan fingerprint density at radius 3 is 2.64 bits per heavy atom. The van der Waals surface area contributed by atoms with Gasteiger partial charge in [0.15, 0.2) is 0 Å². The first-order chi connectivity index (χ1) is 10.6. The number of piperazine rings is 1. The summed E-state index contributed by atoms with van der Waals surface area (Å²) in [6, 6.07) is 4.21. The molecule has 0 unspecified atom stereocenters. The maximum absolute atomic E-state index is 5.62. The van der Waals surface area contributed by atoms with Crippen LogP contribution >= 0.6 is 23.6 Å². The normalized spacial score (nSPS) is 15.2. The van der Waals surface area contributed by atoms with Crippen LogP contribution in [0, 0.1) is 13.8 Å². The Balaban J connectivity index is 1.58. The van der Waals surface area contributed by atoms with Gasteiger partial charge in [-0.1, -0.05) is 23.6 Å². The second kappa shape index (κ2) is 6.66. The monoisotopic (exact) mass is 333 g/mol. The summed E-state index contributed by atoms with van der Waals surface area (Å²) in [5.74, 6) is 0. The predicted octanol–water partition coefficient (Wildman–Crippen LogP) is 2.24. The lowest BCUT2D eigenvalue weighted by molar-refractivity contribution is 0.386. The highest BCUT2D eigenvalue weighted by Gasteiger charge is 2.21. The van der Waals surface area contributed by atoms with E-state index >= 15 is 0 Å². The van der Waals surface area contributed by atoms with Gasteiger partial charge in [0.05, 0.1) is 4.99 Å². The van der Waals surface area contributed by atoms with Crippen LogP contribution in [0.2, 0.25) is 0 Å². The first-order valence-electron chi connectivity index (χ1n) is 7.35. The molecule has 22 heavy (non-hydrogen) atoms. The number of nitrogens with zero attached hydrogens (tertiary/aromatic N) is 5. The highest BCUT2D eigenvalue weighted by atomic mass is 32.1. The SMILES string of the molecule is Cc1cc(C)nc(CC(=S)N2CCN(c3nncs3)CC2)c1. The zero-order chi connectivity index (χ0) is 15.5. The van der Waals surface area contributed by atoms with Crippen LogP contribution in [0.4, 0.5) is 5.13 Å². The smallest absolute Gasteiger partial charge is 0.208 e. The molecule has 3 rings (SSSR count). The Labute approximate surface area is 140 Å². The molecule has 5 nitrogen and oxygen atoms in total. The summed E-state index contributed by atoms with van der Waals surface area (Å²) < 4.78 is 0. The minimum absolute atomic E-state index is 0.747. The number of hydrogen-bond donors (Lipinski definition) is 0. The van der Waals surface area contributed by atoms with Crippen LogP contribution in [0.25, 0.3) is 0 Å². The van der Waals surface area contributed by atoms with Crippen LogP contribution in [0.15, 0.2) is 17.6 Å². The zero-order valence-electron chi connectivity index (χ0n) is 12.8. The number of pyridine rings is 1. The van der Waals surface area contributed by atoms with Gasteiger partial charge < -0.3 is 9.80 Å². The summed E-state index contributed by atoms with van der Waals surface area (Å²) in [5.41, 5.74) is 5.14. The van der Waals surface area contributed by atoms with E-state index in [9.17, 15) is 0 Å². The average molecular weight is 333 g/mol. The van der Waals surface area contributed by atoms with Crippen molar-refractivity contribution in [1.82, 2.24) is 20.1 Å². The second-order valence-corrected chi connectivity index (χ2v) is 6.83. The van der Waals surface area contributed by atoms with Gasteiger partial charge >= 0.3 is 0 Å². The Kier molecular flexibility index (Phi) is 4.63. The molecule has 2 aromatic rings. The fraction of sp³-hybridized carbons (Fsp3) is 0.467. The van der Waals surface area contributed by atoms with E-state index in [0.29, 0.717) is 0 Å². The molecule has 0 spiro atoms. The van der Waals surface area contributed by atoms with E-state index in [-0.39, 0.29) is 0 Å². The van der Waals surface area contributed by atoms with Crippen molar-refractivity contribution in [3.05, 3.63) is 34.6 Å². The fourth-order valence-electron chi connectivity index (χ4n) is 2.73. The molecule has 0 N–H and O–H groups in total. The van der Waals surface area contributed by atoms with Crippen molar-refractivity contribution in [2.75, 3.05) is 31.1 Å². The summed E-state index contributed by atoms with van der Waals surface area (Å²) in [6.07, 6.45) is 0.747. The number of anilines is 1. The van der Waals surface area contributed by atoms with E-state index < -0.39 is 0 Å². The van der Waals surface area contributed by atoms with Gasteiger partial charge in [-0.05, 0) is 31.5 Å². The average Bonchev–Trinajstić information content (AvgIpc) is 3.00. The molecule has 3 heterocycles. The number of thiocarbonyl (C=S) groups is 1. The molecule has 0 saturated carbocycles. The maximum atomic E-state index is 5.62. The van der Waals surface area contributed by atoms with Gasteiger partial charge in [0.2, 0.25) is 5.13 Å². The van der Waals surface area contributed by atoms with Crippen molar-refractivity contribution in [3.63, 3.8) is 0 Å². The van der Waals surface area contributed by atoms with Gasteiger partial charge in [0, 0.05) is 44.0 Å². The van der Waals surface area contributed by atoms with E-state index in [4.69, 9.17) is 12.2 Å². The van der Waals surface area contributed by atoms with E-state index in [1.807, 2.05) is 6.92 Å². The van der Waals surface area contributed by atoms with Crippen molar-refractivity contribution < 1.29 is 0 Å². The molecule has 1 saturated heterocycles. The Morgan fingerprint density at radius 2 is 2.00 bits per heavy atom. The van der Waals surface area contributed by atoms with Crippen LogP contribution in [0.3, 0.4) is 0 Å². The number of hydrogen-bond acceptors (Lipinski definition) is 6. The molecule has 1 aliphatic heterocycles. The molecule has 0 radical (unpaired) electrons. The van der Waals surface area contributed by atoms with Crippen LogP contribution in [0.1, 0.15) is 17.0 Å². The molecule has 1 aliphatic rings. The van der Waals surface area contributed by atoms with Gasteiger partial charge in [0.1, 0.15) is 5.51 Å². The molecule has 0 aromatic carbocycles. The predicted molar refractivity (Wildman–Crippen MR) is 93.7 cm³/mol. The van der Waals surface area contributed by atoms with Gasteiger partial charge in [-0.2, -0.15) is 0 Å². The van der Waals surface area contributed by atoms with E-state index in [1.165, 1.54) is 5.56 Å². The van der Waals surface area contributed by atoms with E-state index in [0.717, 1.165) is 54.1 Å². The molecule has 7 heteroatoms. The number of rotatable bonds is 3. The molecular formula is C15H19N5S2. The van der Waals surface area contributed by atoms with Crippen molar-refractivity contribution in [1.29, 1.82) is 0 Å². The van der Waals surface area contributed by atoms with Crippen LogP contribution in [0.5, 0.6) is 0 Å². The summed E-state index contributed by atoms with van der Waals surface area (Å²) in [4.78, 5) is 10.1. The summed E-state index contributed by atoms with van der Waals surface area (Å²) in [7, 11) is 0. The Morgan fingerprint density at radius 1 is 1.23 bits per heavy atom. The maximum Gasteiger partial charge on any atom is 0.208 e. The van der Waals surface area contributed by atoms with Crippen molar-refractivity contribution in [3.8, 4) is 0 Å². The standard InChI is InChI=1S/C15H19N5S2/c1-11-7-12(2)17-13(8-11)9-14(21)19-3-5-20(6-4-19)15-18-16-10-22-15/h7-8,10H,3-6,9H2,1-2H3. The number of aryl methyl sites for hydroxylation is 2. The first kappa shape index (κ1) is 15.3. The van der Waals surface area contributed by atoms with Gasteiger partial charge in [-0.15, -0.1) is 10.2 Å². The minimum Gasteiger partial charge on any atom is -0.362 e. The summed E-state index contributed by atoms with van der Waals surface area (Å²) in [5, 5.41) is 9.03. The fourth-order valence-corrected chi connectivity index (χ4v) is 3.68. The Hall–Kier alpha value is -1.60. The Bertz CT molecular complexity index is 628. The van der Waals surface area contributed by atoms with Gasteiger partial charge in [0.25, 0.3) is 0 Å². The molecule has 0 amide bonds. The lowest BCUT2D eigenvalue weighted by atomic mass is 10.1. The number of aromatic nitrogens is 3. The minimum atomic E-state index is 0.747. The summed E-state index contributed by atoms with van der Waals surface area (Å²) in [6.45, 7) is 7.88. The van der Waals surface area contributed by atoms with Crippen LogP contribution in [-0.4, -0.2) is 51.2 Å². The van der Waals surface area contributed by atoms with Crippen molar-refractivity contribution in [2.45, 2.75) is 20.3 Å². The van der Waals surface area contributed by atoms with Crippen molar-refractivity contribution >= 4 is 33.7 Å². The van der Waals surface area contributed by atoms with Crippen molar-refractivity contribution in [2.24, 2.45) is 0 Å². The third-order valence-electron chi connectivity index (χ3n) is 3.73. The third kappa shape index (κ3) is 3.59. The van der Waals surface area contributed by atoms with Gasteiger partial charge in [-0.25, -0.2) is 0 Å². The molecular weight excluding hydrogens is 314 g/mol. The van der Waals surface area contributed by atoms with Crippen LogP contribution in [-0.2, 0) is 6.42 Å². The molecule has 0 bridgehead atoms. The first-order valence-corrected chi connectivity index (χ1v) is 8.63. The highest BCUT2D eigenvalue weighted by Crippen LogP contribution is 2.18. The lowest BCUT2D eigenvalue weighted by Crippen LogP contribution is -2.48. The van der Waals surface area contributed by atoms with E-state index in [1.54, 1.807) is 16.8 Å². The quantitative estimate of drug-likeness (QED) is 0.803. The largest absolute Gasteiger partial charge is 0.362 e. The molecule has 116 valence electrons. The molecule has 0 atom stereocenters. The topological polar surface area (TPSA) is 45.2 Å². The molecule has 0 aliphatic carbocycles. The zero-order valence-corrected chi connectivity index (χ0v) is 14.5. The summed E-state index contributed by atoms with van der Waals surface area (Å²) >= 11 is 7.21. The van der Waals surface area contributed by atoms with Gasteiger partial charge in [-0.3, -0.25) is 4.98 Å². The lowest BCUT2D eigenvalue weighted by Gasteiger charge is -2.35. The molecule has 1 fully saturated rings. The highest BCUT2D eigenvalue weighted by molar-refractivity contribution is 7.80. The second-order valence-electron chi connectivity index (χ2n) is 5.54.